The molecule has 0 saturated heterocycles. The molecule has 1 N–H and O–H groups in total. The summed E-state index contributed by atoms with van der Waals surface area (Å²) in [4.78, 5) is 3.54. The Morgan fingerprint density at radius 1 is 1.25 bits per heavy atom. The number of hydrazone groups is 1. The average Bonchev–Trinajstić information content (AvgIpc) is 2.87. The highest BCUT2D eigenvalue weighted by Gasteiger charge is 2.11. The molecule has 20 heavy (non-hydrogen) atoms. The monoisotopic (exact) mass is 305 g/mol. The smallest absolute Gasteiger partial charge is 0.200 e. The summed E-state index contributed by atoms with van der Waals surface area (Å²) >= 11 is 1.24. The summed E-state index contributed by atoms with van der Waals surface area (Å²) in [6.45, 7) is 1.88. The average molecular weight is 305 g/mol. The van der Waals surface area contributed by atoms with Crippen molar-refractivity contribution in [2.24, 2.45) is 5.10 Å². The normalized spacial score (nSPS) is 11.4. The highest BCUT2D eigenvalue weighted by molar-refractivity contribution is 7.89. The van der Waals surface area contributed by atoms with Gasteiger partial charge in [0.25, 0.3) is 10.0 Å². The van der Waals surface area contributed by atoms with Gasteiger partial charge in [0, 0.05) is 4.88 Å². The zero-order chi connectivity index (χ0) is 14.6. The molecule has 0 bridgehead atoms. The van der Waals surface area contributed by atoms with E-state index in [2.05, 4.69) is 9.93 Å². The fourth-order valence-corrected chi connectivity index (χ4v) is 2.88. The summed E-state index contributed by atoms with van der Waals surface area (Å²) in [5.74, 6) is 0. The van der Waals surface area contributed by atoms with Crippen LogP contribution in [-0.2, 0) is 10.0 Å². The molecule has 0 saturated carbocycles. The predicted molar refractivity (Wildman–Crippen MR) is 78.1 cm³/mol. The summed E-state index contributed by atoms with van der Waals surface area (Å²) in [6.07, 6.45) is 1.37. The Hall–Kier alpha value is -2.17. The third-order valence-electron chi connectivity index (χ3n) is 2.43. The largest absolute Gasteiger partial charge is 0.276 e. The van der Waals surface area contributed by atoms with Gasteiger partial charge in [-0.15, -0.1) is 11.3 Å². The summed E-state index contributed by atoms with van der Waals surface area (Å²) in [7, 11) is -3.65. The van der Waals surface area contributed by atoms with Gasteiger partial charge in [0.1, 0.15) is 10.9 Å². The van der Waals surface area contributed by atoms with Crippen LogP contribution in [0.1, 0.15) is 15.3 Å². The van der Waals surface area contributed by atoms with Crippen LogP contribution >= 0.6 is 11.3 Å². The Balaban J connectivity index is 2.09. The van der Waals surface area contributed by atoms with Crippen LogP contribution in [0.15, 0.2) is 46.4 Å². The third-order valence-corrected chi connectivity index (χ3v) is 4.60. The minimum atomic E-state index is -3.65. The van der Waals surface area contributed by atoms with Gasteiger partial charge in [0.05, 0.1) is 11.1 Å². The fraction of sp³-hybridized carbons (Fsp3) is 0.0769. The van der Waals surface area contributed by atoms with E-state index in [0.717, 1.165) is 5.56 Å². The molecule has 2 aromatic rings. The minimum absolute atomic E-state index is 0.157. The van der Waals surface area contributed by atoms with E-state index < -0.39 is 10.0 Å². The van der Waals surface area contributed by atoms with Gasteiger partial charge in [-0.05, 0) is 31.2 Å². The van der Waals surface area contributed by atoms with E-state index in [0.29, 0.717) is 9.75 Å². The van der Waals surface area contributed by atoms with E-state index in [-0.39, 0.29) is 4.90 Å². The Labute approximate surface area is 121 Å². The number of nitriles is 1. The maximum Gasteiger partial charge on any atom is 0.276 e. The standard InChI is InChI=1S/C13H11N3O2S2/c1-10-2-6-13(7-3-10)20(17,18)16-15-9-12-5-4-11(8-14)19-12/h2-7,9,16H,1H3. The zero-order valence-corrected chi connectivity index (χ0v) is 12.2. The summed E-state index contributed by atoms with van der Waals surface area (Å²) in [5, 5.41) is 12.4. The lowest BCUT2D eigenvalue weighted by Gasteiger charge is -2.02. The quantitative estimate of drug-likeness (QED) is 0.694. The van der Waals surface area contributed by atoms with Gasteiger partial charge in [-0.25, -0.2) is 4.83 Å². The molecule has 0 amide bonds. The molecule has 1 heterocycles. The van der Waals surface area contributed by atoms with Gasteiger partial charge in [-0.2, -0.15) is 18.8 Å². The molecule has 1 aromatic carbocycles. The molecule has 0 aliphatic carbocycles. The van der Waals surface area contributed by atoms with Crippen LogP contribution < -0.4 is 4.83 Å². The maximum absolute atomic E-state index is 11.9. The van der Waals surface area contributed by atoms with Crippen LogP contribution in [0.2, 0.25) is 0 Å². The molecule has 1 aromatic heterocycles. The SMILES string of the molecule is Cc1ccc(S(=O)(=O)NN=Cc2ccc(C#N)s2)cc1. The lowest BCUT2D eigenvalue weighted by Crippen LogP contribution is -2.18. The van der Waals surface area contributed by atoms with E-state index in [1.165, 1.54) is 29.7 Å². The van der Waals surface area contributed by atoms with Gasteiger partial charge < -0.3 is 0 Å². The molecular weight excluding hydrogens is 294 g/mol. The Bertz CT molecular complexity index is 769. The molecule has 0 spiro atoms. The molecule has 0 aliphatic rings. The van der Waals surface area contributed by atoms with E-state index in [9.17, 15) is 8.42 Å². The molecule has 0 unspecified atom stereocenters. The van der Waals surface area contributed by atoms with Crippen LogP contribution in [0.5, 0.6) is 0 Å². The molecule has 0 atom stereocenters. The van der Waals surface area contributed by atoms with Crippen LogP contribution in [0.25, 0.3) is 0 Å². The minimum Gasteiger partial charge on any atom is -0.200 e. The molecule has 2 rings (SSSR count). The lowest BCUT2D eigenvalue weighted by atomic mass is 10.2. The number of nitrogens with zero attached hydrogens (tertiary/aromatic N) is 2. The number of aryl methyl sites for hydroxylation is 1. The van der Waals surface area contributed by atoms with E-state index >= 15 is 0 Å². The van der Waals surface area contributed by atoms with Gasteiger partial charge >= 0.3 is 0 Å². The zero-order valence-electron chi connectivity index (χ0n) is 10.6. The number of sulfonamides is 1. The Morgan fingerprint density at radius 2 is 1.95 bits per heavy atom. The number of rotatable bonds is 4. The van der Waals surface area contributed by atoms with Crippen molar-refractivity contribution in [3.05, 3.63) is 51.7 Å². The van der Waals surface area contributed by atoms with E-state index in [4.69, 9.17) is 5.26 Å². The third kappa shape index (κ3) is 3.44. The number of thiophene rings is 1. The van der Waals surface area contributed by atoms with Crippen molar-refractivity contribution in [2.75, 3.05) is 0 Å². The van der Waals surface area contributed by atoms with Crippen molar-refractivity contribution in [2.45, 2.75) is 11.8 Å². The van der Waals surface area contributed by atoms with E-state index in [1.54, 1.807) is 24.3 Å². The highest BCUT2D eigenvalue weighted by Crippen LogP contribution is 2.13. The second-order valence-electron chi connectivity index (χ2n) is 3.98. The molecule has 5 nitrogen and oxygen atoms in total. The first-order valence-electron chi connectivity index (χ1n) is 5.63. The number of nitrogens with one attached hydrogen (secondary N) is 1. The molecule has 7 heteroatoms. The highest BCUT2D eigenvalue weighted by atomic mass is 32.2. The Morgan fingerprint density at radius 3 is 2.55 bits per heavy atom. The first kappa shape index (κ1) is 14.2. The summed E-state index contributed by atoms with van der Waals surface area (Å²) in [6, 6.07) is 11.8. The summed E-state index contributed by atoms with van der Waals surface area (Å²) < 4.78 is 23.8. The first-order chi connectivity index (χ1) is 9.51. The number of hydrogen-bond donors (Lipinski definition) is 1. The van der Waals surface area contributed by atoms with Crippen molar-refractivity contribution >= 4 is 27.6 Å². The van der Waals surface area contributed by atoms with Crippen molar-refractivity contribution in [3.63, 3.8) is 0 Å². The fourth-order valence-electron chi connectivity index (χ4n) is 1.41. The van der Waals surface area contributed by atoms with Crippen LogP contribution in [0, 0.1) is 18.3 Å². The van der Waals surface area contributed by atoms with Crippen LogP contribution in [0.3, 0.4) is 0 Å². The molecule has 0 aliphatic heterocycles. The van der Waals surface area contributed by atoms with Gasteiger partial charge in [-0.1, -0.05) is 17.7 Å². The van der Waals surface area contributed by atoms with Crippen molar-refractivity contribution in [1.29, 1.82) is 5.26 Å². The first-order valence-corrected chi connectivity index (χ1v) is 7.93. The molecular formula is C13H11N3O2S2. The number of benzene rings is 1. The molecule has 0 fully saturated rings. The van der Waals surface area contributed by atoms with E-state index in [1.807, 2.05) is 13.0 Å². The number of hydrogen-bond acceptors (Lipinski definition) is 5. The molecule has 0 radical (unpaired) electrons. The van der Waals surface area contributed by atoms with Crippen molar-refractivity contribution in [1.82, 2.24) is 4.83 Å². The maximum atomic E-state index is 11.9. The Kier molecular flexibility index (Phi) is 4.17. The summed E-state index contributed by atoms with van der Waals surface area (Å²) in [5.41, 5.74) is 0.982. The van der Waals surface area contributed by atoms with Crippen LogP contribution in [0.4, 0.5) is 0 Å². The van der Waals surface area contributed by atoms with Gasteiger partial charge in [0.2, 0.25) is 0 Å². The van der Waals surface area contributed by atoms with Gasteiger partial charge in [-0.3, -0.25) is 0 Å². The molecule has 102 valence electrons. The predicted octanol–water partition coefficient (Wildman–Crippen LogP) is 2.24. The topological polar surface area (TPSA) is 82.3 Å². The lowest BCUT2D eigenvalue weighted by molar-refractivity contribution is 0.584. The van der Waals surface area contributed by atoms with Crippen molar-refractivity contribution in [3.8, 4) is 6.07 Å². The second-order valence-corrected chi connectivity index (χ2v) is 6.76. The van der Waals surface area contributed by atoms with Crippen LogP contribution in [-0.4, -0.2) is 14.6 Å². The second kappa shape index (κ2) is 5.86. The van der Waals surface area contributed by atoms with Gasteiger partial charge in [0.15, 0.2) is 0 Å². The van der Waals surface area contributed by atoms with Crippen molar-refractivity contribution < 1.29 is 8.42 Å².